The topological polar surface area (TPSA) is 131 Å². The van der Waals surface area contributed by atoms with E-state index in [1.807, 2.05) is 24.3 Å². The van der Waals surface area contributed by atoms with Crippen LogP contribution in [0.15, 0.2) is 53.5 Å². The molecule has 1 saturated carbocycles. The van der Waals surface area contributed by atoms with Crippen LogP contribution < -0.4 is 5.32 Å². The lowest BCUT2D eigenvalue weighted by atomic mass is 9.74. The van der Waals surface area contributed by atoms with Gasteiger partial charge in [0.1, 0.15) is 0 Å². The standard InChI is InChI=1S/C27H30N2O7/c1-19(16-35-25(33)27(24(31)32)13-3-2-4-14-27)17-36-26(34)29-23-11-7-21(8-12-23)15-20-5-9-22(10-6-20)28-18-30/h5-12,19H,2-4,13-17H2,1H3,(H,29,34)(H,31,32). The summed E-state index contributed by atoms with van der Waals surface area (Å²) in [5, 5.41) is 12.2. The van der Waals surface area contributed by atoms with Crippen LogP contribution in [0.2, 0.25) is 0 Å². The molecule has 0 bridgehead atoms. The highest BCUT2D eigenvalue weighted by Crippen LogP contribution is 2.38. The lowest BCUT2D eigenvalue weighted by molar-refractivity contribution is -0.172. The average molecular weight is 495 g/mol. The number of carbonyl (C=O) groups is 3. The summed E-state index contributed by atoms with van der Waals surface area (Å²) in [6.45, 7) is 1.74. The molecule has 0 saturated heterocycles. The number of anilines is 1. The van der Waals surface area contributed by atoms with Gasteiger partial charge in [0.2, 0.25) is 6.08 Å². The number of amides is 1. The molecule has 2 aromatic carbocycles. The molecule has 36 heavy (non-hydrogen) atoms. The fourth-order valence-corrected chi connectivity index (χ4v) is 4.12. The maximum Gasteiger partial charge on any atom is 0.411 e. The number of carbonyl (C=O) groups excluding carboxylic acids is 3. The van der Waals surface area contributed by atoms with E-state index in [0.717, 1.165) is 17.5 Å². The Morgan fingerprint density at radius 3 is 2.14 bits per heavy atom. The molecule has 0 aromatic heterocycles. The van der Waals surface area contributed by atoms with Crippen LogP contribution in [0.1, 0.15) is 50.2 Å². The summed E-state index contributed by atoms with van der Waals surface area (Å²) in [6, 6.07) is 14.6. The van der Waals surface area contributed by atoms with Crippen LogP contribution in [-0.4, -0.2) is 42.4 Å². The summed E-state index contributed by atoms with van der Waals surface area (Å²) < 4.78 is 10.5. The molecule has 1 unspecified atom stereocenters. The highest BCUT2D eigenvalue weighted by Gasteiger charge is 2.48. The third kappa shape index (κ3) is 7.26. The summed E-state index contributed by atoms with van der Waals surface area (Å²) in [7, 11) is 0. The van der Waals surface area contributed by atoms with Crippen LogP contribution >= 0.6 is 0 Å². The highest BCUT2D eigenvalue weighted by atomic mass is 16.6. The van der Waals surface area contributed by atoms with Crippen molar-refractivity contribution in [1.29, 1.82) is 0 Å². The summed E-state index contributed by atoms with van der Waals surface area (Å²) in [4.78, 5) is 50.2. The van der Waals surface area contributed by atoms with Crippen molar-refractivity contribution in [2.45, 2.75) is 45.4 Å². The maximum atomic E-state index is 12.5. The van der Waals surface area contributed by atoms with Crippen LogP contribution in [0.25, 0.3) is 0 Å². The molecule has 2 N–H and O–H groups in total. The number of ether oxygens (including phenoxy) is 2. The van der Waals surface area contributed by atoms with E-state index in [9.17, 15) is 24.3 Å². The van der Waals surface area contributed by atoms with Crippen LogP contribution in [0.3, 0.4) is 0 Å². The number of hydrogen-bond acceptors (Lipinski definition) is 7. The molecule has 0 aliphatic heterocycles. The van der Waals surface area contributed by atoms with Gasteiger partial charge in [0.25, 0.3) is 0 Å². The van der Waals surface area contributed by atoms with Gasteiger partial charge in [-0.2, -0.15) is 4.99 Å². The van der Waals surface area contributed by atoms with Crippen LogP contribution in [0, 0.1) is 11.3 Å². The zero-order chi connectivity index (χ0) is 26.0. The average Bonchev–Trinajstić information content (AvgIpc) is 2.88. The molecule has 1 atom stereocenters. The van der Waals surface area contributed by atoms with Gasteiger partial charge in [-0.1, -0.05) is 50.5 Å². The Labute approximate surface area is 209 Å². The fourth-order valence-electron chi connectivity index (χ4n) is 4.12. The zero-order valence-corrected chi connectivity index (χ0v) is 20.2. The largest absolute Gasteiger partial charge is 0.480 e. The molecule has 1 aliphatic rings. The third-order valence-corrected chi connectivity index (χ3v) is 6.22. The van der Waals surface area contributed by atoms with Crippen molar-refractivity contribution >= 4 is 35.5 Å². The first-order chi connectivity index (χ1) is 17.3. The molecule has 0 radical (unpaired) electrons. The molecular formula is C27H30N2O7. The predicted molar refractivity (Wildman–Crippen MR) is 132 cm³/mol. The Kier molecular flexibility index (Phi) is 9.36. The van der Waals surface area contributed by atoms with Gasteiger partial charge in [0.15, 0.2) is 5.41 Å². The molecule has 9 heteroatoms. The summed E-state index contributed by atoms with van der Waals surface area (Å²) >= 11 is 0. The van der Waals surface area contributed by atoms with Gasteiger partial charge in [0, 0.05) is 11.6 Å². The van der Waals surface area contributed by atoms with Crippen molar-refractivity contribution in [3.05, 3.63) is 59.7 Å². The van der Waals surface area contributed by atoms with E-state index in [0.29, 0.717) is 30.6 Å². The van der Waals surface area contributed by atoms with Gasteiger partial charge in [-0.3, -0.25) is 14.9 Å². The zero-order valence-electron chi connectivity index (χ0n) is 20.2. The van der Waals surface area contributed by atoms with E-state index in [1.54, 1.807) is 31.2 Å². The second-order valence-electron chi connectivity index (χ2n) is 9.12. The van der Waals surface area contributed by atoms with E-state index in [1.165, 1.54) is 6.08 Å². The Morgan fingerprint density at radius 1 is 0.972 bits per heavy atom. The van der Waals surface area contributed by atoms with Gasteiger partial charge in [-0.15, -0.1) is 0 Å². The van der Waals surface area contributed by atoms with Gasteiger partial charge >= 0.3 is 18.0 Å². The maximum absolute atomic E-state index is 12.5. The number of nitrogens with one attached hydrogen (secondary N) is 1. The first kappa shape index (κ1) is 26.6. The molecule has 3 rings (SSSR count). The smallest absolute Gasteiger partial charge is 0.411 e. The number of nitrogens with zero attached hydrogens (tertiary/aromatic N) is 1. The van der Waals surface area contributed by atoms with Crippen LogP contribution in [0.5, 0.6) is 0 Å². The molecule has 9 nitrogen and oxygen atoms in total. The van der Waals surface area contributed by atoms with Gasteiger partial charge in [-0.05, 0) is 54.7 Å². The molecule has 1 aliphatic carbocycles. The molecule has 190 valence electrons. The second kappa shape index (κ2) is 12.7. The van der Waals surface area contributed by atoms with Crippen molar-refractivity contribution in [3.63, 3.8) is 0 Å². The molecule has 1 amide bonds. The Morgan fingerprint density at radius 2 is 1.56 bits per heavy atom. The van der Waals surface area contributed by atoms with Crippen molar-refractivity contribution in [3.8, 4) is 0 Å². The molecule has 0 heterocycles. The second-order valence-corrected chi connectivity index (χ2v) is 9.12. The van der Waals surface area contributed by atoms with Gasteiger partial charge in [-0.25, -0.2) is 9.59 Å². The Balaban J connectivity index is 1.41. The van der Waals surface area contributed by atoms with Crippen molar-refractivity contribution in [2.75, 3.05) is 18.5 Å². The van der Waals surface area contributed by atoms with E-state index >= 15 is 0 Å². The first-order valence-corrected chi connectivity index (χ1v) is 11.9. The normalized spacial score (nSPS) is 15.1. The summed E-state index contributed by atoms with van der Waals surface area (Å²) in [6.07, 6.45) is 4.41. The van der Waals surface area contributed by atoms with E-state index in [2.05, 4.69) is 10.3 Å². The molecule has 0 spiro atoms. The number of hydrogen-bond donors (Lipinski definition) is 2. The number of carboxylic acid groups (broad SMARTS) is 1. The number of rotatable bonds is 10. The quantitative estimate of drug-likeness (QED) is 0.205. The fraction of sp³-hybridized carbons (Fsp3) is 0.407. The molecule has 2 aromatic rings. The van der Waals surface area contributed by atoms with Gasteiger partial charge < -0.3 is 14.6 Å². The Hall–Kier alpha value is -3.97. The van der Waals surface area contributed by atoms with Crippen molar-refractivity contribution in [1.82, 2.24) is 0 Å². The number of esters is 1. The number of aliphatic carboxylic acids is 1. The van der Waals surface area contributed by atoms with E-state index in [-0.39, 0.29) is 32.0 Å². The SMILES string of the molecule is CC(COC(=O)Nc1ccc(Cc2ccc(N=C=O)cc2)cc1)COC(=O)C1(C(=O)O)CCCCC1. The number of isocyanates is 1. The minimum absolute atomic E-state index is 0.0153. The monoisotopic (exact) mass is 494 g/mol. The van der Waals surface area contributed by atoms with Crippen LogP contribution in [0.4, 0.5) is 16.2 Å². The highest BCUT2D eigenvalue weighted by molar-refractivity contribution is 5.99. The van der Waals surface area contributed by atoms with Crippen LogP contribution in [-0.2, 0) is 30.3 Å². The lowest BCUT2D eigenvalue weighted by Crippen LogP contribution is -2.42. The lowest BCUT2D eigenvalue weighted by Gasteiger charge is -2.31. The summed E-state index contributed by atoms with van der Waals surface area (Å²) in [5.74, 6) is -2.14. The minimum atomic E-state index is -1.46. The van der Waals surface area contributed by atoms with E-state index in [4.69, 9.17) is 9.47 Å². The number of carboxylic acids is 1. The summed E-state index contributed by atoms with van der Waals surface area (Å²) in [5.41, 5.74) is 1.74. The van der Waals surface area contributed by atoms with Gasteiger partial charge in [0.05, 0.1) is 18.9 Å². The molecule has 1 fully saturated rings. The predicted octanol–water partition coefficient (Wildman–Crippen LogP) is 5.01. The van der Waals surface area contributed by atoms with Crippen molar-refractivity contribution < 1.29 is 33.8 Å². The number of aliphatic imine (C=N–C) groups is 1. The first-order valence-electron chi connectivity index (χ1n) is 11.9. The third-order valence-electron chi connectivity index (χ3n) is 6.22. The molecular weight excluding hydrogens is 464 g/mol. The van der Waals surface area contributed by atoms with Crippen molar-refractivity contribution in [2.24, 2.45) is 16.3 Å². The number of benzene rings is 2. The Bertz CT molecular complexity index is 1100. The van der Waals surface area contributed by atoms with E-state index < -0.39 is 23.4 Å². The minimum Gasteiger partial charge on any atom is -0.480 e.